The van der Waals surface area contributed by atoms with Gasteiger partial charge in [-0.2, -0.15) is 0 Å². The SMILES string of the molecule is COC(=O)C(C)(Cc1ccc(OCc2cc(-c3ccccc3)nc3ccccc23)cc1)C(C)C(=O)NO. The molecule has 4 aromatic rings. The third-order valence-corrected chi connectivity index (χ3v) is 6.87. The molecule has 0 aliphatic heterocycles. The monoisotopic (exact) mass is 498 g/mol. The highest BCUT2D eigenvalue weighted by molar-refractivity contribution is 5.87. The van der Waals surface area contributed by atoms with E-state index in [1.807, 2.05) is 78.9 Å². The topological polar surface area (TPSA) is 97.8 Å². The summed E-state index contributed by atoms with van der Waals surface area (Å²) in [4.78, 5) is 29.4. The van der Waals surface area contributed by atoms with E-state index in [-0.39, 0.29) is 6.42 Å². The summed E-state index contributed by atoms with van der Waals surface area (Å²) in [6.45, 7) is 3.60. The number of nitrogens with zero attached hydrogens (tertiary/aromatic N) is 1. The third kappa shape index (κ3) is 5.62. The van der Waals surface area contributed by atoms with Crippen LogP contribution in [-0.2, 0) is 27.4 Å². The van der Waals surface area contributed by atoms with Crippen LogP contribution in [0, 0.1) is 11.3 Å². The van der Waals surface area contributed by atoms with E-state index in [1.54, 1.807) is 19.3 Å². The number of aromatic nitrogens is 1. The van der Waals surface area contributed by atoms with Crippen LogP contribution in [0.2, 0.25) is 0 Å². The van der Waals surface area contributed by atoms with Crippen molar-refractivity contribution in [1.29, 1.82) is 0 Å². The molecule has 7 nitrogen and oxygen atoms in total. The molecule has 1 amide bonds. The molecule has 2 atom stereocenters. The molecule has 0 saturated heterocycles. The van der Waals surface area contributed by atoms with Gasteiger partial charge >= 0.3 is 5.97 Å². The Balaban J connectivity index is 1.53. The number of hydroxylamine groups is 1. The molecule has 0 saturated carbocycles. The van der Waals surface area contributed by atoms with Crippen LogP contribution in [0.1, 0.15) is 25.0 Å². The predicted octanol–water partition coefficient (Wildman–Crippen LogP) is 5.34. The number of carbonyl (C=O) groups excluding carboxylic acids is 2. The number of ether oxygens (including phenoxy) is 2. The molecule has 190 valence electrons. The minimum atomic E-state index is -1.16. The van der Waals surface area contributed by atoms with E-state index in [0.717, 1.165) is 33.3 Å². The maximum atomic E-state index is 12.5. The van der Waals surface area contributed by atoms with Gasteiger partial charge in [0.05, 0.1) is 29.7 Å². The number of hydrogen-bond acceptors (Lipinski definition) is 6. The van der Waals surface area contributed by atoms with Crippen LogP contribution in [0.25, 0.3) is 22.2 Å². The quantitative estimate of drug-likeness (QED) is 0.184. The van der Waals surface area contributed by atoms with Gasteiger partial charge in [0.2, 0.25) is 5.91 Å². The molecule has 2 unspecified atom stereocenters. The van der Waals surface area contributed by atoms with Gasteiger partial charge in [-0.3, -0.25) is 14.8 Å². The van der Waals surface area contributed by atoms with Crippen molar-refractivity contribution in [2.24, 2.45) is 11.3 Å². The summed E-state index contributed by atoms with van der Waals surface area (Å²) in [6, 6.07) is 27.5. The molecule has 7 heteroatoms. The number of amides is 1. The van der Waals surface area contributed by atoms with Gasteiger partial charge in [-0.1, -0.05) is 67.6 Å². The number of pyridine rings is 1. The fraction of sp³-hybridized carbons (Fsp3) is 0.233. The summed E-state index contributed by atoms with van der Waals surface area (Å²) >= 11 is 0. The van der Waals surface area contributed by atoms with Crippen LogP contribution in [0.4, 0.5) is 0 Å². The Labute approximate surface area is 216 Å². The van der Waals surface area contributed by atoms with E-state index in [4.69, 9.17) is 19.7 Å². The fourth-order valence-corrected chi connectivity index (χ4v) is 4.43. The first kappa shape index (κ1) is 25.9. The van der Waals surface area contributed by atoms with Crippen molar-refractivity contribution in [2.75, 3.05) is 7.11 Å². The normalized spacial score (nSPS) is 13.4. The second kappa shape index (κ2) is 11.2. The number of benzene rings is 3. The number of carbonyl (C=O) groups is 2. The lowest BCUT2D eigenvalue weighted by molar-refractivity contribution is -0.159. The molecule has 0 radical (unpaired) electrons. The molecule has 3 aromatic carbocycles. The molecule has 0 bridgehead atoms. The van der Waals surface area contributed by atoms with E-state index >= 15 is 0 Å². The highest BCUT2D eigenvalue weighted by atomic mass is 16.5. The van der Waals surface area contributed by atoms with Crippen LogP contribution in [0.3, 0.4) is 0 Å². The standard InChI is InChI=1S/C30H30N2O5/c1-20(28(33)32-35)30(2,29(34)36-3)18-21-13-15-24(16-14-21)37-19-23-17-27(22-9-5-4-6-10-22)31-26-12-8-7-11-25(23)26/h4-17,20,35H,18-19H2,1-3H3,(H,32,33). The highest BCUT2D eigenvalue weighted by Crippen LogP contribution is 2.34. The lowest BCUT2D eigenvalue weighted by Gasteiger charge is -2.31. The van der Waals surface area contributed by atoms with Gasteiger partial charge in [-0.25, -0.2) is 10.5 Å². The van der Waals surface area contributed by atoms with Gasteiger partial charge in [0, 0.05) is 16.5 Å². The van der Waals surface area contributed by atoms with Crippen molar-refractivity contribution in [1.82, 2.24) is 10.5 Å². The molecule has 2 N–H and O–H groups in total. The molecular formula is C30H30N2O5. The maximum Gasteiger partial charge on any atom is 0.312 e. The zero-order valence-electron chi connectivity index (χ0n) is 21.1. The maximum absolute atomic E-state index is 12.5. The largest absolute Gasteiger partial charge is 0.489 e. The average Bonchev–Trinajstić information content (AvgIpc) is 2.95. The van der Waals surface area contributed by atoms with Crippen molar-refractivity contribution in [3.63, 3.8) is 0 Å². The lowest BCUT2D eigenvalue weighted by atomic mass is 9.73. The van der Waals surface area contributed by atoms with Crippen LogP contribution < -0.4 is 10.2 Å². The predicted molar refractivity (Wildman–Crippen MR) is 141 cm³/mol. The average molecular weight is 499 g/mol. The number of fused-ring (bicyclic) bond motifs is 1. The van der Waals surface area contributed by atoms with Crippen molar-refractivity contribution in [3.8, 4) is 17.0 Å². The Morgan fingerprint density at radius 1 is 1.00 bits per heavy atom. The minimum Gasteiger partial charge on any atom is -0.489 e. The molecule has 4 rings (SSSR count). The van der Waals surface area contributed by atoms with Crippen LogP contribution in [0.15, 0.2) is 84.9 Å². The van der Waals surface area contributed by atoms with Crippen LogP contribution >= 0.6 is 0 Å². The Hall–Kier alpha value is -4.23. The minimum absolute atomic E-state index is 0.254. The zero-order valence-corrected chi connectivity index (χ0v) is 21.1. The fourth-order valence-electron chi connectivity index (χ4n) is 4.43. The van der Waals surface area contributed by atoms with E-state index in [2.05, 4.69) is 6.07 Å². The molecule has 1 aromatic heterocycles. The number of hydrogen-bond donors (Lipinski definition) is 2. The van der Waals surface area contributed by atoms with Gasteiger partial charge < -0.3 is 9.47 Å². The first-order chi connectivity index (χ1) is 17.9. The number of methoxy groups -OCH3 is 1. The highest BCUT2D eigenvalue weighted by Gasteiger charge is 2.43. The number of para-hydroxylation sites is 1. The Bertz CT molecular complexity index is 1390. The Morgan fingerprint density at radius 2 is 1.68 bits per heavy atom. The van der Waals surface area contributed by atoms with Crippen molar-refractivity contribution in [3.05, 3.63) is 96.1 Å². The first-order valence-corrected chi connectivity index (χ1v) is 12.0. The van der Waals surface area contributed by atoms with E-state index in [9.17, 15) is 9.59 Å². The molecular weight excluding hydrogens is 468 g/mol. The van der Waals surface area contributed by atoms with Gasteiger partial charge in [-0.05, 0) is 43.2 Å². The van der Waals surface area contributed by atoms with Gasteiger partial charge in [-0.15, -0.1) is 0 Å². The van der Waals surface area contributed by atoms with E-state index in [0.29, 0.717) is 12.4 Å². The second-order valence-corrected chi connectivity index (χ2v) is 9.27. The molecule has 37 heavy (non-hydrogen) atoms. The number of esters is 1. The van der Waals surface area contributed by atoms with E-state index < -0.39 is 23.2 Å². The summed E-state index contributed by atoms with van der Waals surface area (Å²) in [5.41, 5.74) is 5.16. The summed E-state index contributed by atoms with van der Waals surface area (Å²) in [5.74, 6) is -1.30. The number of nitrogens with one attached hydrogen (secondary N) is 1. The van der Waals surface area contributed by atoms with Gasteiger partial charge in [0.15, 0.2) is 0 Å². The van der Waals surface area contributed by atoms with Crippen molar-refractivity contribution < 1.29 is 24.3 Å². The third-order valence-electron chi connectivity index (χ3n) is 6.87. The van der Waals surface area contributed by atoms with Crippen LogP contribution in [-0.4, -0.2) is 29.2 Å². The smallest absolute Gasteiger partial charge is 0.312 e. The summed E-state index contributed by atoms with van der Waals surface area (Å²) in [7, 11) is 1.28. The van der Waals surface area contributed by atoms with Crippen LogP contribution in [0.5, 0.6) is 5.75 Å². The van der Waals surface area contributed by atoms with Crippen molar-refractivity contribution >= 4 is 22.8 Å². The van der Waals surface area contributed by atoms with Gasteiger partial charge in [0.25, 0.3) is 0 Å². The summed E-state index contributed by atoms with van der Waals surface area (Å²) in [5, 5.41) is 10.1. The second-order valence-electron chi connectivity index (χ2n) is 9.27. The number of rotatable bonds is 9. The first-order valence-electron chi connectivity index (χ1n) is 12.0. The molecule has 0 aliphatic rings. The molecule has 0 spiro atoms. The van der Waals surface area contributed by atoms with Crippen molar-refractivity contribution in [2.45, 2.75) is 26.9 Å². The molecule has 0 fully saturated rings. The van der Waals surface area contributed by atoms with E-state index in [1.165, 1.54) is 7.11 Å². The zero-order chi connectivity index (χ0) is 26.4. The Kier molecular flexibility index (Phi) is 7.84. The summed E-state index contributed by atoms with van der Waals surface area (Å²) in [6.07, 6.45) is 0.254. The molecule has 0 aliphatic carbocycles. The Morgan fingerprint density at radius 3 is 2.35 bits per heavy atom. The van der Waals surface area contributed by atoms with Gasteiger partial charge in [0.1, 0.15) is 12.4 Å². The molecule has 1 heterocycles. The summed E-state index contributed by atoms with van der Waals surface area (Å²) < 4.78 is 11.1. The lowest BCUT2D eigenvalue weighted by Crippen LogP contribution is -2.44.